The monoisotopic (exact) mass is 2220 g/mol. The molecule has 0 saturated heterocycles. The number of amides is 5. The van der Waals surface area contributed by atoms with Crippen molar-refractivity contribution in [2.45, 2.75) is 76.0 Å². The van der Waals surface area contributed by atoms with Crippen molar-refractivity contribution in [2.75, 3.05) is 112 Å². The van der Waals surface area contributed by atoms with Crippen molar-refractivity contribution < 1.29 is 110 Å². The number of nitrogens with zero attached hydrogens (tertiary/aromatic N) is 18. The highest BCUT2D eigenvalue weighted by molar-refractivity contribution is 9.10. The number of halogens is 7. The second kappa shape index (κ2) is 43.4. The molecule has 5 aliphatic rings. The number of aliphatic imine (C=N–C) groups is 5. The van der Waals surface area contributed by atoms with Gasteiger partial charge in [-0.05, 0) is 173 Å². The number of nitrogens with one attached hydrogen (secondary N) is 5. The Kier molecular flexibility index (Phi) is 30.4. The van der Waals surface area contributed by atoms with Gasteiger partial charge in [-0.3, -0.25) is 33.9 Å². The first-order valence-electron chi connectivity index (χ1n) is 45.1. The molecule has 58 heteroatoms. The number of aromatic nitrogens is 7. The highest BCUT2D eigenvalue weighted by atomic mass is 79.9. The molecule has 0 saturated carbocycles. The zero-order chi connectivity index (χ0) is 114. The van der Waals surface area contributed by atoms with Gasteiger partial charge in [0.2, 0.25) is 85.8 Å². The minimum absolute atomic E-state index is 0.00932. The smallest absolute Gasteiger partial charge is 0.279 e. The SMILES string of the molecule is COc1cc(Br)cnc1C(=O)Nc1ccc(F)c([C@]2(C)CS(=O)(=O)N(C)C(N)=N2)c1.COc1cnc(C(=O)Nc2ccc(F)c([C@]3(C)CS(=O)(=O)N(C)C(N)=N3)c2)c(C#N)c1.COc1nc(Cl)cnc1C(=O)Nc1ccc(F)c([C@]2(C)CS(=O)(=O)N(C)C(N)=N2)c1.[2H]C([2H])([2H])c1ccc(C(=O)Nc2ccc(F)c([C@]3(C)CS(=O)(=O)N(C)C(N)=N3)c2)nc1.[2H]C([2H])([2H])c1cnc(C(=O)Nc2ccc(F)c([C@]3(C)CS(=O)(=O)N(C)C(N)=N3)c2)cn1. The number of rotatable bonds is 18. The predicted octanol–water partition coefficient (Wildman–Crippen LogP) is 7.11. The molecule has 5 aromatic carbocycles. The van der Waals surface area contributed by atoms with Crippen LogP contribution in [0.3, 0.4) is 0 Å². The van der Waals surface area contributed by atoms with Gasteiger partial charge in [-0.25, -0.2) is 130 Å². The third kappa shape index (κ3) is 25.3. The van der Waals surface area contributed by atoms with Gasteiger partial charge in [-0.2, -0.15) is 10.2 Å². The van der Waals surface area contributed by atoms with E-state index in [1.54, 1.807) is 6.07 Å². The zero-order valence-corrected chi connectivity index (χ0v) is 85.9. The lowest BCUT2D eigenvalue weighted by molar-refractivity contribution is 0.101. The summed E-state index contributed by atoms with van der Waals surface area (Å²) in [6, 6.07) is 25.8. The average Bonchev–Trinajstić information content (AvgIpc) is 0.766. The number of hydrogen-bond acceptors (Lipinski definition) is 36. The fraction of sp³-hybridized carbons (Fsp3) is 0.281. The van der Waals surface area contributed by atoms with Crippen LogP contribution in [0.2, 0.25) is 5.15 Å². The van der Waals surface area contributed by atoms with E-state index in [0.717, 1.165) is 70.4 Å². The summed E-state index contributed by atoms with van der Waals surface area (Å²) in [5.74, 6) is -10.3. The number of carbonyl (C=O) groups excluding carboxylic acids is 5. The van der Waals surface area contributed by atoms with E-state index in [0.29, 0.717) is 10.2 Å². The van der Waals surface area contributed by atoms with Crippen LogP contribution in [0.1, 0.15) is 140 Å². The molecule has 0 fully saturated rings. The van der Waals surface area contributed by atoms with Gasteiger partial charge >= 0.3 is 0 Å². The number of benzene rings is 5. The van der Waals surface area contributed by atoms with Crippen LogP contribution in [0.15, 0.2) is 182 Å². The van der Waals surface area contributed by atoms with Gasteiger partial charge in [0, 0.05) is 129 Å². The number of anilines is 5. The van der Waals surface area contributed by atoms with E-state index < -0.39 is 179 Å². The predicted molar refractivity (Wildman–Crippen MR) is 538 cm³/mol. The van der Waals surface area contributed by atoms with E-state index in [1.807, 2.05) is 6.07 Å². The minimum atomic E-state index is -3.82. The number of methoxy groups -OCH3 is 3. The number of ether oxygens (including phenoxy) is 3. The number of pyridine rings is 3. The molecule has 5 aliphatic heterocycles. The standard InChI is InChI=1S/C19H19FN6O4S.C18H19BrFN5O4S.C18H20FN5O3S.C17H18ClFN6O4S.C17H19FN6O3S/c1-19(10-31(28,29)26(2)18(22)25-19)14-7-12(4-5-15(14)20)24-17(27)16-11(8-21)6-13(30-3)9-23-16;1-18(9-30(27,28)25(2)17(21)24-18)12-7-11(4-5-13(12)20)23-16(26)15-14(29-3)6-10(19)8-22-15;1-11-4-7-15(21-9-11)16(25)22-12-5-6-14(19)13(8-12)18(2)10-28(26,27)24(3)17(20)23-18;1-17(8-30(27,28)25(2)16(20)24-17)10-6-9(4-5-11(10)19)22-14(26)13-15(29-3)23-12(18)7-21-13;1-10-7-21-14(8-20-10)15(25)22-11-4-5-13(18)12(6-11)17(2)9-28(26,27)24(3)16(19)23-17/h4-7,9H,10H2,1-3H3,(H2,22,25)(H,24,27);4-8H,9H2,1-3H3,(H2,21,24)(H,23,26);4-9H,10H2,1-3H3,(H2,20,23)(H,22,25);4-7H,8H2,1-3H3,(H2,20,24)(H,22,26);4-8H,9H2,1-3H3,(H2,19,23)(H,22,25)/t19-;2*18-;2*17-/m00000/s1/i;;1D3;;1D3. The topological polar surface area (TPSA) is 666 Å². The first-order valence-corrected chi connectivity index (χ1v) is 51.3. The summed E-state index contributed by atoms with van der Waals surface area (Å²) in [5.41, 5.74) is 21.0. The van der Waals surface area contributed by atoms with E-state index in [9.17, 15) is 93.3 Å². The average molecular weight is 2220 g/mol. The van der Waals surface area contributed by atoms with Crippen LogP contribution >= 0.6 is 27.5 Å². The minimum Gasteiger partial charge on any atom is -0.495 e. The van der Waals surface area contributed by atoms with Crippen LogP contribution < -0.4 is 69.5 Å². The summed E-state index contributed by atoms with van der Waals surface area (Å²) < 4.78 is 261. The first kappa shape index (κ1) is 103. The maximum atomic E-state index is 14.6. The van der Waals surface area contributed by atoms with Crippen LogP contribution in [-0.2, 0) is 77.8 Å². The number of nitriles is 1. The van der Waals surface area contributed by atoms with Crippen LogP contribution in [0.25, 0.3) is 0 Å². The van der Waals surface area contributed by atoms with E-state index >= 15 is 0 Å². The van der Waals surface area contributed by atoms with E-state index in [2.05, 4.69) is 102 Å². The van der Waals surface area contributed by atoms with Crippen molar-refractivity contribution in [1.29, 1.82) is 5.26 Å². The van der Waals surface area contributed by atoms with E-state index in [1.165, 1.54) is 189 Å². The Hall–Kier alpha value is -15.5. The Morgan fingerprint density at radius 2 is 0.728 bits per heavy atom. The zero-order valence-electron chi connectivity index (χ0n) is 85.4. The third-order valence-electron chi connectivity index (χ3n) is 22.5. The lowest BCUT2D eigenvalue weighted by atomic mass is 9.93. The molecule has 46 nitrogen and oxygen atoms in total. The van der Waals surface area contributed by atoms with Gasteiger partial charge in [0.25, 0.3) is 29.5 Å². The molecule has 5 atom stereocenters. The van der Waals surface area contributed by atoms with Crippen molar-refractivity contribution in [2.24, 2.45) is 53.6 Å². The number of guanidine groups is 5. The molecule has 5 amide bonds. The second-order valence-electron chi connectivity index (χ2n) is 33.4. The molecule has 15 N–H and O–H groups in total. The number of carbonyl (C=O) groups is 5. The van der Waals surface area contributed by atoms with Crippen molar-refractivity contribution >= 4 is 165 Å². The fourth-order valence-electron chi connectivity index (χ4n) is 14.7. The van der Waals surface area contributed by atoms with Crippen LogP contribution in [-0.4, -0.2) is 243 Å². The summed E-state index contributed by atoms with van der Waals surface area (Å²) in [5, 5.41) is 22.0. The van der Waals surface area contributed by atoms with Crippen LogP contribution in [0.4, 0.5) is 50.4 Å². The van der Waals surface area contributed by atoms with Gasteiger partial charge in [0.05, 0.1) is 79.9 Å². The van der Waals surface area contributed by atoms with E-state index in [4.69, 9.17) is 62.7 Å². The highest BCUT2D eigenvalue weighted by Gasteiger charge is 2.48. The Bertz CT molecular complexity index is 7690. The molecular weight excluding hydrogens is 2120 g/mol. The molecule has 778 valence electrons. The number of sulfonamides is 5. The van der Waals surface area contributed by atoms with Crippen molar-refractivity contribution in [3.63, 3.8) is 0 Å². The lowest BCUT2D eigenvalue weighted by Crippen LogP contribution is -2.50. The molecule has 10 heterocycles. The van der Waals surface area contributed by atoms with Crippen molar-refractivity contribution in [3.05, 3.63) is 264 Å². The first-order chi connectivity index (χ1) is 70.9. The molecule has 0 aliphatic carbocycles. The summed E-state index contributed by atoms with van der Waals surface area (Å²) in [7, 11) is -8.61. The van der Waals surface area contributed by atoms with Crippen LogP contribution in [0, 0.1) is 54.1 Å². The molecule has 0 bridgehead atoms. The van der Waals surface area contributed by atoms with Gasteiger partial charge in [-0.15, -0.1) is 0 Å². The summed E-state index contributed by atoms with van der Waals surface area (Å²) in [4.78, 5) is 111. The molecule has 0 unspecified atom stereocenters. The molecule has 147 heavy (non-hydrogen) atoms. The molecule has 5 aromatic heterocycles. The van der Waals surface area contributed by atoms with Gasteiger partial charge in [-0.1, -0.05) is 17.7 Å². The summed E-state index contributed by atoms with van der Waals surface area (Å²) in [6.45, 7) is 2.40. The van der Waals surface area contributed by atoms with Gasteiger partial charge in [0.1, 0.15) is 85.7 Å². The van der Waals surface area contributed by atoms with Crippen molar-refractivity contribution in [1.82, 2.24) is 56.4 Å². The molecule has 10 aromatic rings. The number of hydrogen-bond donors (Lipinski definition) is 10. The van der Waals surface area contributed by atoms with Crippen molar-refractivity contribution in [3.8, 4) is 23.4 Å². The van der Waals surface area contributed by atoms with E-state index in [-0.39, 0.29) is 148 Å². The Labute approximate surface area is 861 Å². The number of aryl methyl sites for hydroxylation is 2. The maximum absolute atomic E-state index is 14.6. The highest BCUT2D eigenvalue weighted by Crippen LogP contribution is 2.42. The summed E-state index contributed by atoms with van der Waals surface area (Å²) in [6.07, 6.45) is 6.97. The Balaban J connectivity index is 0.000000181. The Morgan fingerprint density at radius 3 is 1.03 bits per heavy atom. The third-order valence-corrected chi connectivity index (χ3v) is 32.9. The molecule has 0 spiro atoms. The van der Waals surface area contributed by atoms with Gasteiger partial charge < -0.3 is 69.5 Å². The summed E-state index contributed by atoms with van der Waals surface area (Å²) >= 11 is 8.99. The molecule has 0 radical (unpaired) electrons. The lowest BCUT2D eigenvalue weighted by Gasteiger charge is -2.34. The van der Waals surface area contributed by atoms with Crippen LogP contribution in [0.5, 0.6) is 17.4 Å². The maximum Gasteiger partial charge on any atom is 0.279 e. The number of nitrogens with two attached hydrogens (primary N) is 5. The largest absolute Gasteiger partial charge is 0.495 e. The molecular formula is C89H95BrClF5N28O18S5. The normalized spacial score (nSPS) is 21.4. The quantitative estimate of drug-likeness (QED) is 0.0382. The van der Waals surface area contributed by atoms with Gasteiger partial charge in [0.15, 0.2) is 22.3 Å². The fourth-order valence-corrected chi connectivity index (χ4v) is 22.4. The molecule has 15 rings (SSSR count). The Morgan fingerprint density at radius 1 is 0.401 bits per heavy atom. The second-order valence-corrected chi connectivity index (χ2v) is 44.7.